The number of primary amides is 1. The van der Waals surface area contributed by atoms with Gasteiger partial charge in [0.25, 0.3) is 11.5 Å². The Morgan fingerprint density at radius 3 is 2.67 bits per heavy atom. The van der Waals surface area contributed by atoms with Gasteiger partial charge in [0, 0.05) is 11.2 Å². The molecule has 8 heteroatoms. The Hall–Kier alpha value is -3.63. The lowest BCUT2D eigenvalue weighted by atomic mass is 10.1. The summed E-state index contributed by atoms with van der Waals surface area (Å²) < 4.78 is 7.06. The van der Waals surface area contributed by atoms with Gasteiger partial charge in [0.15, 0.2) is 0 Å². The normalized spacial score (nSPS) is 11.2. The minimum absolute atomic E-state index is 0.0503. The number of carbonyl (C=O) groups is 1. The van der Waals surface area contributed by atoms with Crippen LogP contribution < -0.4 is 16.0 Å². The highest BCUT2D eigenvalue weighted by Gasteiger charge is 2.17. The van der Waals surface area contributed by atoms with Crippen LogP contribution in [-0.4, -0.2) is 15.3 Å². The zero-order valence-electron chi connectivity index (χ0n) is 14.1. The van der Waals surface area contributed by atoms with E-state index < -0.39 is 11.5 Å². The summed E-state index contributed by atoms with van der Waals surface area (Å²) in [4.78, 5) is 28.8. The average Bonchev–Trinajstić information content (AvgIpc) is 2.64. The molecule has 3 aromatic rings. The molecule has 7 nitrogen and oxygen atoms in total. The number of hydrogen-bond donors (Lipinski definition) is 1. The fourth-order valence-corrected chi connectivity index (χ4v) is 2.54. The zero-order valence-corrected chi connectivity index (χ0v) is 14.9. The highest BCUT2D eigenvalue weighted by molar-refractivity contribution is 6.30. The second kappa shape index (κ2) is 7.32. The highest BCUT2D eigenvalue weighted by atomic mass is 35.5. The molecule has 0 aliphatic rings. The van der Waals surface area contributed by atoms with E-state index in [0.29, 0.717) is 16.4 Å². The van der Waals surface area contributed by atoms with Crippen LogP contribution in [0.25, 0.3) is 11.7 Å². The monoisotopic (exact) mass is 380 g/mol. The van der Waals surface area contributed by atoms with Crippen LogP contribution in [0.2, 0.25) is 5.02 Å². The minimum Gasteiger partial charge on any atom is -0.438 e. The number of hydrogen-bond acceptors (Lipinski definition) is 5. The van der Waals surface area contributed by atoms with E-state index in [-0.39, 0.29) is 17.0 Å². The third kappa shape index (κ3) is 3.66. The lowest BCUT2D eigenvalue weighted by molar-refractivity contribution is -0.114. The van der Waals surface area contributed by atoms with Gasteiger partial charge in [-0.3, -0.25) is 14.0 Å². The van der Waals surface area contributed by atoms with Crippen molar-refractivity contribution in [1.29, 1.82) is 5.26 Å². The number of rotatable bonds is 4. The number of halogens is 1. The van der Waals surface area contributed by atoms with Gasteiger partial charge in [-0.1, -0.05) is 17.7 Å². The van der Waals surface area contributed by atoms with E-state index in [1.165, 1.54) is 10.6 Å². The van der Waals surface area contributed by atoms with E-state index in [0.717, 1.165) is 11.6 Å². The van der Waals surface area contributed by atoms with Gasteiger partial charge >= 0.3 is 0 Å². The molecule has 2 heterocycles. The molecule has 0 saturated carbocycles. The minimum atomic E-state index is -0.955. The number of amides is 1. The maximum Gasteiger partial charge on any atom is 0.269 e. The van der Waals surface area contributed by atoms with Gasteiger partial charge in [-0.05, 0) is 48.9 Å². The topological polar surface area (TPSA) is 110 Å². The Labute approximate surface area is 158 Å². The van der Waals surface area contributed by atoms with Crippen LogP contribution in [-0.2, 0) is 4.79 Å². The molecule has 0 aliphatic carbocycles. The zero-order chi connectivity index (χ0) is 19.6. The first-order valence-corrected chi connectivity index (χ1v) is 8.15. The molecule has 0 spiro atoms. The van der Waals surface area contributed by atoms with Crippen LogP contribution in [0.3, 0.4) is 0 Å². The van der Waals surface area contributed by atoms with Gasteiger partial charge < -0.3 is 10.5 Å². The fraction of sp³-hybridized carbons (Fsp3) is 0.0526. The van der Waals surface area contributed by atoms with E-state index >= 15 is 0 Å². The summed E-state index contributed by atoms with van der Waals surface area (Å²) in [5, 5.41) is 9.63. The molecule has 0 bridgehead atoms. The van der Waals surface area contributed by atoms with Crippen molar-refractivity contribution in [2.24, 2.45) is 5.73 Å². The van der Waals surface area contributed by atoms with Crippen LogP contribution in [0.5, 0.6) is 11.6 Å². The molecule has 0 fully saturated rings. The van der Waals surface area contributed by atoms with E-state index in [1.54, 1.807) is 49.4 Å². The molecule has 134 valence electrons. The van der Waals surface area contributed by atoms with Crippen molar-refractivity contribution < 1.29 is 9.53 Å². The summed E-state index contributed by atoms with van der Waals surface area (Å²) in [5.41, 5.74) is 5.38. The van der Waals surface area contributed by atoms with Gasteiger partial charge in [-0.25, -0.2) is 0 Å². The van der Waals surface area contributed by atoms with Crippen LogP contribution in [0.4, 0.5) is 0 Å². The van der Waals surface area contributed by atoms with Gasteiger partial charge in [-0.2, -0.15) is 10.2 Å². The van der Waals surface area contributed by atoms with E-state index in [2.05, 4.69) is 4.98 Å². The maximum absolute atomic E-state index is 12.9. The van der Waals surface area contributed by atoms with Crippen molar-refractivity contribution in [2.45, 2.75) is 6.92 Å². The summed E-state index contributed by atoms with van der Waals surface area (Å²) in [6, 6.07) is 11.6. The highest BCUT2D eigenvalue weighted by Crippen LogP contribution is 2.25. The van der Waals surface area contributed by atoms with Gasteiger partial charge in [0.2, 0.25) is 5.88 Å². The van der Waals surface area contributed by atoms with Gasteiger partial charge in [0.05, 0.1) is 0 Å². The van der Waals surface area contributed by atoms with Crippen molar-refractivity contribution in [3.63, 3.8) is 0 Å². The predicted molar refractivity (Wildman–Crippen MR) is 101 cm³/mol. The van der Waals surface area contributed by atoms with Gasteiger partial charge in [-0.15, -0.1) is 0 Å². The smallest absolute Gasteiger partial charge is 0.269 e. The molecule has 0 radical (unpaired) electrons. The lowest BCUT2D eigenvalue weighted by Crippen LogP contribution is -2.20. The molecule has 2 N–H and O–H groups in total. The number of aryl methyl sites for hydroxylation is 1. The van der Waals surface area contributed by atoms with E-state index in [4.69, 9.17) is 27.3 Å². The number of nitrogens with two attached hydrogens (primary N) is 1. The van der Waals surface area contributed by atoms with Gasteiger partial charge in [0.1, 0.15) is 28.6 Å². The maximum atomic E-state index is 12.9. The Balaban J connectivity index is 2.28. The van der Waals surface area contributed by atoms with Crippen LogP contribution in [0.15, 0.2) is 53.0 Å². The first kappa shape index (κ1) is 18.2. The molecule has 0 saturated heterocycles. The average molecular weight is 381 g/mol. The molecule has 0 aliphatic heterocycles. The largest absolute Gasteiger partial charge is 0.438 e. The Morgan fingerprint density at radius 2 is 2.04 bits per heavy atom. The number of nitrogens with zero attached hydrogens (tertiary/aromatic N) is 3. The second-order valence-electron chi connectivity index (χ2n) is 5.61. The number of benzene rings is 1. The Morgan fingerprint density at radius 1 is 1.33 bits per heavy atom. The third-order valence-corrected chi connectivity index (χ3v) is 4.00. The number of ether oxygens (including phenoxy) is 1. The van der Waals surface area contributed by atoms with Crippen LogP contribution >= 0.6 is 11.6 Å². The molecular formula is C19H13ClN4O3. The number of aromatic nitrogens is 2. The Bertz CT molecular complexity index is 1170. The summed E-state index contributed by atoms with van der Waals surface area (Å²) in [7, 11) is 0. The number of fused-ring (bicyclic) bond motifs is 1. The third-order valence-electron chi connectivity index (χ3n) is 3.75. The van der Waals surface area contributed by atoms with Crippen LogP contribution in [0, 0.1) is 18.3 Å². The summed E-state index contributed by atoms with van der Waals surface area (Å²) >= 11 is 5.87. The predicted octanol–water partition coefficient (Wildman–Crippen LogP) is 2.84. The summed E-state index contributed by atoms with van der Waals surface area (Å²) in [6.07, 6.45) is 2.62. The second-order valence-corrected chi connectivity index (χ2v) is 6.05. The van der Waals surface area contributed by atoms with Crippen LogP contribution in [0.1, 0.15) is 11.1 Å². The van der Waals surface area contributed by atoms with Crippen molar-refractivity contribution >= 4 is 29.2 Å². The SMILES string of the molecule is Cc1cccn2c(=O)c(/C=C(\C#N)C(N)=O)c(Oc3ccc(Cl)cc3)nc12. The first-order valence-electron chi connectivity index (χ1n) is 7.77. The molecule has 0 atom stereocenters. The van der Waals surface area contributed by atoms with E-state index in [1.807, 2.05) is 0 Å². The fourth-order valence-electron chi connectivity index (χ4n) is 2.41. The first-order chi connectivity index (χ1) is 12.9. The molecular weight excluding hydrogens is 368 g/mol. The standard InChI is InChI=1S/C19H13ClN4O3/c1-11-3-2-8-24-17(11)23-18(27-14-6-4-13(20)5-7-14)15(19(24)26)9-12(10-21)16(22)25/h2-9H,1H3,(H2,22,25)/b12-9+. The van der Waals surface area contributed by atoms with Crippen molar-refractivity contribution in [1.82, 2.24) is 9.38 Å². The molecule has 27 heavy (non-hydrogen) atoms. The number of carbonyl (C=O) groups excluding carboxylic acids is 1. The molecule has 0 unspecified atom stereocenters. The quantitative estimate of drug-likeness (QED) is 0.552. The molecule has 2 aromatic heterocycles. The summed E-state index contributed by atoms with van der Waals surface area (Å²) in [5.74, 6) is -0.620. The molecule has 1 aromatic carbocycles. The summed E-state index contributed by atoms with van der Waals surface area (Å²) in [6.45, 7) is 1.80. The molecule has 1 amide bonds. The van der Waals surface area contributed by atoms with Crippen molar-refractivity contribution in [3.05, 3.63) is 74.7 Å². The Kier molecular flexibility index (Phi) is 4.92. The van der Waals surface area contributed by atoms with E-state index in [9.17, 15) is 9.59 Å². The number of nitriles is 1. The lowest BCUT2D eigenvalue weighted by Gasteiger charge is -2.11. The number of pyridine rings is 1. The van der Waals surface area contributed by atoms with Crippen molar-refractivity contribution in [2.75, 3.05) is 0 Å². The molecule has 3 rings (SSSR count). The van der Waals surface area contributed by atoms with Crippen molar-refractivity contribution in [3.8, 4) is 17.7 Å².